The molecule has 0 saturated carbocycles. The lowest BCUT2D eigenvalue weighted by atomic mass is 9.88. The number of hydrogen-bond acceptors (Lipinski definition) is 1. The lowest BCUT2D eigenvalue weighted by molar-refractivity contribution is 0.662. The Balaban J connectivity index is 2.26. The Morgan fingerprint density at radius 1 is 0.824 bits per heavy atom. The average Bonchev–Trinajstić information content (AvgIpc) is 2.42. The van der Waals surface area contributed by atoms with Crippen molar-refractivity contribution < 1.29 is 0 Å². The van der Waals surface area contributed by atoms with Crippen molar-refractivity contribution in [3.8, 4) is 0 Å². The molecule has 0 saturated heterocycles. The molecular weight excluding hydrogens is 206 g/mol. The molecule has 0 aliphatic rings. The first-order valence-electron chi connectivity index (χ1n) is 6.16. The third-order valence-electron chi connectivity index (χ3n) is 3.09. The molecule has 88 valence electrons. The van der Waals surface area contributed by atoms with Crippen LogP contribution in [-0.2, 0) is 0 Å². The molecule has 2 rings (SSSR count). The van der Waals surface area contributed by atoms with Gasteiger partial charge in [0.1, 0.15) is 0 Å². The zero-order valence-corrected chi connectivity index (χ0v) is 10.3. The van der Waals surface area contributed by atoms with E-state index in [1.807, 2.05) is 7.05 Å². The van der Waals surface area contributed by atoms with Gasteiger partial charge in [-0.3, -0.25) is 0 Å². The maximum atomic E-state index is 3.24. The van der Waals surface area contributed by atoms with Crippen molar-refractivity contribution in [2.45, 2.75) is 12.3 Å². The van der Waals surface area contributed by atoms with Crippen LogP contribution < -0.4 is 5.32 Å². The van der Waals surface area contributed by atoms with Gasteiger partial charge in [-0.05, 0) is 31.1 Å². The molecule has 0 fully saturated rings. The van der Waals surface area contributed by atoms with E-state index in [1.54, 1.807) is 0 Å². The summed E-state index contributed by atoms with van der Waals surface area (Å²) in [5.74, 6) is 0.491. The third-order valence-corrected chi connectivity index (χ3v) is 3.09. The van der Waals surface area contributed by atoms with E-state index in [0.717, 1.165) is 13.0 Å². The maximum Gasteiger partial charge on any atom is 0.0101 e. The number of nitrogens with one attached hydrogen (secondary N) is 1. The highest BCUT2D eigenvalue weighted by atomic mass is 14.8. The van der Waals surface area contributed by atoms with Crippen LogP contribution in [0.4, 0.5) is 0 Å². The summed E-state index contributed by atoms with van der Waals surface area (Å²) in [6, 6.07) is 21.5. The van der Waals surface area contributed by atoms with E-state index in [9.17, 15) is 0 Å². The minimum atomic E-state index is 0.491. The summed E-state index contributed by atoms with van der Waals surface area (Å²) in [4.78, 5) is 0. The largest absolute Gasteiger partial charge is 0.320 e. The molecule has 17 heavy (non-hydrogen) atoms. The predicted molar refractivity (Wildman–Crippen MR) is 73.3 cm³/mol. The van der Waals surface area contributed by atoms with Crippen LogP contribution in [0.5, 0.6) is 0 Å². The Hall–Kier alpha value is -1.60. The summed E-state index contributed by atoms with van der Waals surface area (Å²) in [5, 5.41) is 3.24. The highest BCUT2D eigenvalue weighted by Gasteiger charge is 2.12. The minimum absolute atomic E-state index is 0.491. The molecule has 0 radical (unpaired) electrons. The van der Waals surface area contributed by atoms with Gasteiger partial charge in [-0.15, -0.1) is 0 Å². The Morgan fingerprint density at radius 3 is 1.71 bits per heavy atom. The first-order chi connectivity index (χ1) is 8.42. The molecule has 0 unspecified atom stereocenters. The minimum Gasteiger partial charge on any atom is -0.320 e. The quantitative estimate of drug-likeness (QED) is 0.822. The van der Waals surface area contributed by atoms with E-state index in [4.69, 9.17) is 0 Å². The SMILES string of the molecule is CNCCC(c1ccccc1)c1ccccc1. The van der Waals surface area contributed by atoms with Crippen molar-refractivity contribution in [1.82, 2.24) is 5.32 Å². The molecule has 1 N–H and O–H groups in total. The Morgan fingerprint density at radius 2 is 1.29 bits per heavy atom. The summed E-state index contributed by atoms with van der Waals surface area (Å²) in [7, 11) is 2.01. The fourth-order valence-electron chi connectivity index (χ4n) is 2.19. The van der Waals surface area contributed by atoms with Gasteiger partial charge in [0.15, 0.2) is 0 Å². The molecule has 1 heteroatoms. The highest BCUT2D eigenvalue weighted by Crippen LogP contribution is 2.27. The van der Waals surface area contributed by atoms with Crippen LogP contribution >= 0.6 is 0 Å². The standard InChI is InChI=1S/C16H19N/c1-17-13-12-16(14-8-4-2-5-9-14)15-10-6-3-7-11-15/h2-11,16-17H,12-13H2,1H3. The van der Waals surface area contributed by atoms with E-state index >= 15 is 0 Å². The molecule has 0 atom stereocenters. The van der Waals surface area contributed by atoms with Crippen LogP contribution in [-0.4, -0.2) is 13.6 Å². The predicted octanol–water partition coefficient (Wildman–Crippen LogP) is 3.43. The van der Waals surface area contributed by atoms with E-state index < -0.39 is 0 Å². The zero-order valence-electron chi connectivity index (χ0n) is 10.3. The van der Waals surface area contributed by atoms with Crippen molar-refractivity contribution in [3.63, 3.8) is 0 Å². The average molecular weight is 225 g/mol. The molecule has 0 bridgehead atoms. The Labute approximate surface area is 103 Å². The van der Waals surface area contributed by atoms with Gasteiger partial charge in [0.05, 0.1) is 0 Å². The zero-order chi connectivity index (χ0) is 11.9. The van der Waals surface area contributed by atoms with Gasteiger partial charge in [-0.2, -0.15) is 0 Å². The molecule has 0 aliphatic carbocycles. The van der Waals surface area contributed by atoms with Gasteiger partial charge in [-0.25, -0.2) is 0 Å². The van der Waals surface area contributed by atoms with Crippen molar-refractivity contribution in [2.75, 3.05) is 13.6 Å². The van der Waals surface area contributed by atoms with Crippen LogP contribution in [0, 0.1) is 0 Å². The van der Waals surface area contributed by atoms with E-state index in [1.165, 1.54) is 11.1 Å². The molecule has 1 nitrogen and oxygen atoms in total. The van der Waals surface area contributed by atoms with Crippen LogP contribution in [0.3, 0.4) is 0 Å². The second-order valence-corrected chi connectivity index (χ2v) is 4.27. The molecule has 2 aromatic rings. The topological polar surface area (TPSA) is 12.0 Å². The van der Waals surface area contributed by atoms with Crippen molar-refractivity contribution in [3.05, 3.63) is 71.8 Å². The highest BCUT2D eigenvalue weighted by molar-refractivity contribution is 5.32. The summed E-state index contributed by atoms with van der Waals surface area (Å²) in [6.45, 7) is 1.04. The van der Waals surface area contributed by atoms with Gasteiger partial charge in [0.25, 0.3) is 0 Å². The van der Waals surface area contributed by atoms with Gasteiger partial charge in [0, 0.05) is 5.92 Å². The smallest absolute Gasteiger partial charge is 0.0101 e. The number of benzene rings is 2. The molecule has 0 spiro atoms. The van der Waals surface area contributed by atoms with Crippen molar-refractivity contribution >= 4 is 0 Å². The summed E-state index contributed by atoms with van der Waals surface area (Å²) in [5.41, 5.74) is 2.79. The van der Waals surface area contributed by atoms with Crippen molar-refractivity contribution in [2.24, 2.45) is 0 Å². The fourth-order valence-corrected chi connectivity index (χ4v) is 2.19. The van der Waals surface area contributed by atoms with Crippen molar-refractivity contribution in [1.29, 1.82) is 0 Å². The fraction of sp³-hybridized carbons (Fsp3) is 0.250. The van der Waals surface area contributed by atoms with E-state index in [-0.39, 0.29) is 0 Å². The van der Waals surface area contributed by atoms with Crippen LogP contribution in [0.1, 0.15) is 23.5 Å². The first kappa shape index (κ1) is 11.9. The van der Waals surface area contributed by atoms with Crippen LogP contribution in [0.2, 0.25) is 0 Å². The summed E-state index contributed by atoms with van der Waals surface area (Å²) < 4.78 is 0. The lowest BCUT2D eigenvalue weighted by Crippen LogP contribution is -2.13. The van der Waals surface area contributed by atoms with Gasteiger partial charge >= 0.3 is 0 Å². The van der Waals surface area contributed by atoms with Gasteiger partial charge in [-0.1, -0.05) is 60.7 Å². The molecule has 0 aromatic heterocycles. The molecule has 0 heterocycles. The second kappa shape index (κ2) is 6.21. The monoisotopic (exact) mass is 225 g/mol. The summed E-state index contributed by atoms with van der Waals surface area (Å²) in [6.07, 6.45) is 1.13. The third kappa shape index (κ3) is 3.18. The second-order valence-electron chi connectivity index (χ2n) is 4.27. The number of rotatable bonds is 5. The first-order valence-corrected chi connectivity index (χ1v) is 6.16. The maximum absolute atomic E-state index is 3.24. The number of hydrogen-bond donors (Lipinski definition) is 1. The van der Waals surface area contributed by atoms with Crippen LogP contribution in [0.25, 0.3) is 0 Å². The normalized spacial score (nSPS) is 10.7. The molecule has 0 amide bonds. The summed E-state index contributed by atoms with van der Waals surface area (Å²) >= 11 is 0. The molecule has 2 aromatic carbocycles. The van der Waals surface area contributed by atoms with Crippen LogP contribution in [0.15, 0.2) is 60.7 Å². The van der Waals surface area contributed by atoms with E-state index in [0.29, 0.717) is 5.92 Å². The molecule has 0 aliphatic heterocycles. The molecular formula is C16H19N. The Kier molecular flexibility index (Phi) is 4.34. The van der Waals surface area contributed by atoms with Gasteiger partial charge in [0.2, 0.25) is 0 Å². The van der Waals surface area contributed by atoms with Gasteiger partial charge < -0.3 is 5.32 Å². The lowest BCUT2D eigenvalue weighted by Gasteiger charge is -2.17. The van der Waals surface area contributed by atoms with E-state index in [2.05, 4.69) is 66.0 Å². The Bertz CT molecular complexity index is 382.